The number of aromatic nitrogens is 1. The lowest BCUT2D eigenvalue weighted by Crippen LogP contribution is -2.36. The molecule has 0 radical (unpaired) electrons. The Kier molecular flexibility index (Phi) is 6.88. The molecule has 0 aliphatic heterocycles. The highest BCUT2D eigenvalue weighted by Gasteiger charge is 2.13. The summed E-state index contributed by atoms with van der Waals surface area (Å²) in [5.41, 5.74) is 1.78. The number of ether oxygens (including phenoxy) is 3. The summed E-state index contributed by atoms with van der Waals surface area (Å²) in [6.07, 6.45) is 2.33. The Morgan fingerprint density at radius 3 is 2.32 bits per heavy atom. The van der Waals surface area contributed by atoms with Gasteiger partial charge in [0.2, 0.25) is 5.75 Å². The Hall–Kier alpha value is -2.96. The van der Waals surface area contributed by atoms with Gasteiger partial charge in [-0.3, -0.25) is 4.98 Å². The quantitative estimate of drug-likeness (QED) is 0.766. The Morgan fingerprint density at radius 1 is 1.04 bits per heavy atom. The molecule has 0 saturated carbocycles. The number of nitrogens with zero attached hydrogens (tertiary/aromatic N) is 1. The summed E-state index contributed by atoms with van der Waals surface area (Å²) in [6, 6.07) is 9.07. The van der Waals surface area contributed by atoms with Gasteiger partial charge in [0.05, 0.1) is 33.6 Å². The van der Waals surface area contributed by atoms with Crippen molar-refractivity contribution in [2.45, 2.75) is 13.0 Å². The van der Waals surface area contributed by atoms with E-state index in [-0.39, 0.29) is 6.03 Å². The zero-order valence-corrected chi connectivity index (χ0v) is 14.7. The zero-order chi connectivity index (χ0) is 18.1. The van der Waals surface area contributed by atoms with E-state index >= 15 is 0 Å². The van der Waals surface area contributed by atoms with Gasteiger partial charge in [-0.2, -0.15) is 0 Å². The van der Waals surface area contributed by atoms with Gasteiger partial charge in [0.1, 0.15) is 0 Å². The third kappa shape index (κ3) is 5.27. The predicted octanol–water partition coefficient (Wildman–Crippen LogP) is 2.15. The normalized spacial score (nSPS) is 10.0. The van der Waals surface area contributed by atoms with E-state index in [1.807, 2.05) is 30.3 Å². The van der Waals surface area contributed by atoms with Crippen LogP contribution in [0.4, 0.5) is 4.79 Å². The molecule has 0 aliphatic rings. The molecule has 0 fully saturated rings. The third-order valence-electron chi connectivity index (χ3n) is 3.58. The van der Waals surface area contributed by atoms with Gasteiger partial charge in [-0.15, -0.1) is 0 Å². The molecule has 2 aromatic rings. The molecule has 1 heterocycles. The number of pyridine rings is 1. The Bertz CT molecular complexity index is 667. The van der Waals surface area contributed by atoms with Crippen molar-refractivity contribution in [3.63, 3.8) is 0 Å². The van der Waals surface area contributed by atoms with E-state index in [9.17, 15) is 4.79 Å². The minimum absolute atomic E-state index is 0.238. The first-order valence-corrected chi connectivity index (χ1v) is 7.88. The summed E-state index contributed by atoms with van der Waals surface area (Å²) in [6.45, 7) is 0.865. The highest BCUT2D eigenvalue weighted by molar-refractivity contribution is 5.73. The van der Waals surface area contributed by atoms with Crippen LogP contribution < -0.4 is 24.8 Å². The molecular formula is C18H23N3O4. The van der Waals surface area contributed by atoms with Crippen molar-refractivity contribution in [1.29, 1.82) is 0 Å². The molecule has 2 amide bonds. The monoisotopic (exact) mass is 345 g/mol. The average Bonchev–Trinajstić information content (AvgIpc) is 2.66. The number of methoxy groups -OCH3 is 3. The van der Waals surface area contributed by atoms with Crippen LogP contribution in [0, 0.1) is 0 Å². The molecule has 0 saturated heterocycles. The maximum Gasteiger partial charge on any atom is 0.315 e. The van der Waals surface area contributed by atoms with Crippen LogP contribution in [0.2, 0.25) is 0 Å². The number of carbonyl (C=O) groups is 1. The van der Waals surface area contributed by atoms with Crippen LogP contribution in [-0.2, 0) is 13.0 Å². The van der Waals surface area contributed by atoms with Crippen molar-refractivity contribution in [2.75, 3.05) is 27.9 Å². The summed E-state index contributed by atoms with van der Waals surface area (Å²) in [4.78, 5) is 16.0. The molecule has 7 nitrogen and oxygen atoms in total. The summed E-state index contributed by atoms with van der Waals surface area (Å²) in [7, 11) is 4.71. The second-order valence-corrected chi connectivity index (χ2v) is 5.21. The van der Waals surface area contributed by atoms with Gasteiger partial charge in [0, 0.05) is 12.7 Å². The summed E-state index contributed by atoms with van der Waals surface area (Å²) >= 11 is 0. The SMILES string of the molecule is COc1cc(CCNC(=O)NCc2ccccn2)cc(OC)c1OC. The summed E-state index contributed by atoms with van der Waals surface area (Å²) in [5, 5.41) is 5.58. The lowest BCUT2D eigenvalue weighted by molar-refractivity contribution is 0.240. The fourth-order valence-corrected chi connectivity index (χ4v) is 2.34. The van der Waals surface area contributed by atoms with E-state index in [1.54, 1.807) is 27.5 Å². The highest BCUT2D eigenvalue weighted by Crippen LogP contribution is 2.38. The van der Waals surface area contributed by atoms with E-state index in [1.165, 1.54) is 0 Å². The maximum absolute atomic E-state index is 11.8. The lowest BCUT2D eigenvalue weighted by Gasteiger charge is -2.14. The van der Waals surface area contributed by atoms with Crippen molar-refractivity contribution < 1.29 is 19.0 Å². The van der Waals surface area contributed by atoms with E-state index in [0.717, 1.165) is 11.3 Å². The highest BCUT2D eigenvalue weighted by atomic mass is 16.5. The fraction of sp³-hybridized carbons (Fsp3) is 0.333. The molecule has 1 aromatic carbocycles. The van der Waals surface area contributed by atoms with Crippen LogP contribution in [-0.4, -0.2) is 38.9 Å². The number of hydrogen-bond donors (Lipinski definition) is 2. The van der Waals surface area contributed by atoms with Gasteiger partial charge >= 0.3 is 6.03 Å². The van der Waals surface area contributed by atoms with Crippen molar-refractivity contribution in [2.24, 2.45) is 0 Å². The molecule has 7 heteroatoms. The van der Waals surface area contributed by atoms with E-state index in [2.05, 4.69) is 15.6 Å². The second-order valence-electron chi connectivity index (χ2n) is 5.21. The minimum atomic E-state index is -0.238. The van der Waals surface area contributed by atoms with Gasteiger partial charge in [0.15, 0.2) is 11.5 Å². The van der Waals surface area contributed by atoms with Crippen molar-refractivity contribution in [3.05, 3.63) is 47.8 Å². The molecule has 0 aliphatic carbocycles. The molecule has 25 heavy (non-hydrogen) atoms. The van der Waals surface area contributed by atoms with E-state index in [0.29, 0.717) is 36.8 Å². The molecule has 0 atom stereocenters. The number of hydrogen-bond acceptors (Lipinski definition) is 5. The molecule has 2 rings (SSSR count). The first kappa shape index (κ1) is 18.4. The van der Waals surface area contributed by atoms with Crippen LogP contribution in [0.25, 0.3) is 0 Å². The second kappa shape index (κ2) is 9.36. The molecular weight excluding hydrogens is 322 g/mol. The third-order valence-corrected chi connectivity index (χ3v) is 3.58. The summed E-state index contributed by atoms with van der Waals surface area (Å²) in [5.74, 6) is 1.74. The molecule has 0 bridgehead atoms. The largest absolute Gasteiger partial charge is 0.493 e. The number of amides is 2. The van der Waals surface area contributed by atoms with Gasteiger partial charge in [0.25, 0.3) is 0 Å². The molecule has 0 unspecified atom stereocenters. The lowest BCUT2D eigenvalue weighted by atomic mass is 10.1. The maximum atomic E-state index is 11.8. The standard InChI is InChI=1S/C18H23N3O4/c1-23-15-10-13(11-16(24-2)17(15)25-3)7-9-20-18(22)21-12-14-6-4-5-8-19-14/h4-6,8,10-11H,7,9,12H2,1-3H3,(H2,20,21,22). The van der Waals surface area contributed by atoms with Crippen LogP contribution in [0.5, 0.6) is 17.2 Å². The van der Waals surface area contributed by atoms with Crippen LogP contribution >= 0.6 is 0 Å². The van der Waals surface area contributed by atoms with E-state index < -0.39 is 0 Å². The topological polar surface area (TPSA) is 81.7 Å². The molecule has 2 N–H and O–H groups in total. The minimum Gasteiger partial charge on any atom is -0.493 e. The number of rotatable bonds is 8. The van der Waals surface area contributed by atoms with Crippen LogP contribution in [0.15, 0.2) is 36.5 Å². The predicted molar refractivity (Wildman–Crippen MR) is 94.3 cm³/mol. The van der Waals surface area contributed by atoms with Crippen LogP contribution in [0.3, 0.4) is 0 Å². The molecule has 134 valence electrons. The van der Waals surface area contributed by atoms with Gasteiger partial charge in [-0.1, -0.05) is 6.07 Å². The number of benzene rings is 1. The van der Waals surface area contributed by atoms with Gasteiger partial charge in [-0.25, -0.2) is 4.79 Å². The Labute approximate surface area is 147 Å². The van der Waals surface area contributed by atoms with Crippen molar-refractivity contribution in [1.82, 2.24) is 15.6 Å². The van der Waals surface area contributed by atoms with Crippen molar-refractivity contribution in [3.8, 4) is 17.2 Å². The van der Waals surface area contributed by atoms with Crippen molar-refractivity contribution >= 4 is 6.03 Å². The fourth-order valence-electron chi connectivity index (χ4n) is 2.34. The first-order chi connectivity index (χ1) is 12.2. The number of urea groups is 1. The van der Waals surface area contributed by atoms with Crippen LogP contribution in [0.1, 0.15) is 11.3 Å². The number of nitrogens with one attached hydrogen (secondary N) is 2. The smallest absolute Gasteiger partial charge is 0.315 e. The molecule has 0 spiro atoms. The number of carbonyl (C=O) groups excluding carboxylic acids is 1. The Morgan fingerprint density at radius 2 is 1.76 bits per heavy atom. The van der Waals surface area contributed by atoms with E-state index in [4.69, 9.17) is 14.2 Å². The van der Waals surface area contributed by atoms with Gasteiger partial charge < -0.3 is 24.8 Å². The molecule has 1 aromatic heterocycles. The van der Waals surface area contributed by atoms with Gasteiger partial charge in [-0.05, 0) is 36.2 Å². The zero-order valence-electron chi connectivity index (χ0n) is 14.7. The average molecular weight is 345 g/mol. The first-order valence-electron chi connectivity index (χ1n) is 7.88. The summed E-state index contributed by atoms with van der Waals surface area (Å²) < 4.78 is 15.9. The Balaban J connectivity index is 1.85.